The highest BCUT2D eigenvalue weighted by Gasteiger charge is 2.22. The number of nitrogens with two attached hydrogens (primary N) is 1. The fourth-order valence-corrected chi connectivity index (χ4v) is 2.66. The number of hydrogen-bond donors (Lipinski definition) is 1. The molecule has 1 saturated heterocycles. The lowest BCUT2D eigenvalue weighted by atomic mass is 10.2. The van der Waals surface area contributed by atoms with E-state index in [4.69, 9.17) is 10.5 Å². The van der Waals surface area contributed by atoms with E-state index in [9.17, 15) is 4.79 Å². The molecule has 3 heterocycles. The zero-order chi connectivity index (χ0) is 17.5. The number of ether oxygens (including phenoxy) is 1. The molecule has 0 radical (unpaired) electrons. The Labute approximate surface area is 146 Å². The summed E-state index contributed by atoms with van der Waals surface area (Å²) in [6, 6.07) is 5.68. The molecule has 1 aliphatic rings. The van der Waals surface area contributed by atoms with E-state index >= 15 is 0 Å². The first-order chi connectivity index (χ1) is 12.2. The van der Waals surface area contributed by atoms with Crippen molar-refractivity contribution in [3.8, 4) is 0 Å². The Kier molecular flexibility index (Phi) is 5.69. The van der Waals surface area contributed by atoms with Crippen LogP contribution >= 0.6 is 0 Å². The van der Waals surface area contributed by atoms with Gasteiger partial charge in [-0.05, 0) is 31.1 Å². The average molecular weight is 339 g/mol. The van der Waals surface area contributed by atoms with E-state index < -0.39 is 0 Å². The van der Waals surface area contributed by atoms with Crippen LogP contribution in [0.4, 0.5) is 5.95 Å². The maximum Gasteiger partial charge on any atom is 0.247 e. The van der Waals surface area contributed by atoms with Crippen molar-refractivity contribution < 1.29 is 9.53 Å². The third-order valence-electron chi connectivity index (χ3n) is 3.95. The standard InChI is InChI=1S/C18H21N5O2/c19-18-21-10-14(11-22-18)6-7-17(24)23(13-16-5-3-9-25-16)12-15-4-1-2-8-20-15/h1-2,4,6-8,10-11,16H,3,5,9,12-13H2,(H2,19,21,22)/b7-6+. The van der Waals surface area contributed by atoms with Crippen molar-refractivity contribution in [2.75, 3.05) is 18.9 Å². The third-order valence-corrected chi connectivity index (χ3v) is 3.95. The van der Waals surface area contributed by atoms with Gasteiger partial charge in [-0.1, -0.05) is 6.07 Å². The zero-order valence-electron chi connectivity index (χ0n) is 13.9. The van der Waals surface area contributed by atoms with E-state index in [0.717, 1.165) is 30.7 Å². The molecule has 0 aromatic carbocycles. The summed E-state index contributed by atoms with van der Waals surface area (Å²) in [4.78, 5) is 26.6. The van der Waals surface area contributed by atoms with Gasteiger partial charge in [0.05, 0.1) is 18.3 Å². The van der Waals surface area contributed by atoms with E-state index in [1.807, 2.05) is 18.2 Å². The van der Waals surface area contributed by atoms with Gasteiger partial charge in [0.2, 0.25) is 11.9 Å². The van der Waals surface area contributed by atoms with Gasteiger partial charge in [0.15, 0.2) is 0 Å². The minimum Gasteiger partial charge on any atom is -0.376 e. The largest absolute Gasteiger partial charge is 0.376 e. The summed E-state index contributed by atoms with van der Waals surface area (Å²) in [5.74, 6) is 0.108. The highest BCUT2D eigenvalue weighted by molar-refractivity contribution is 5.91. The van der Waals surface area contributed by atoms with Crippen molar-refractivity contribution in [2.24, 2.45) is 0 Å². The van der Waals surface area contributed by atoms with Crippen LogP contribution in [0.3, 0.4) is 0 Å². The number of anilines is 1. The van der Waals surface area contributed by atoms with Gasteiger partial charge >= 0.3 is 0 Å². The van der Waals surface area contributed by atoms with Gasteiger partial charge < -0.3 is 15.4 Å². The second-order valence-corrected chi connectivity index (χ2v) is 5.88. The van der Waals surface area contributed by atoms with Crippen LogP contribution in [-0.2, 0) is 16.1 Å². The number of carbonyl (C=O) groups is 1. The van der Waals surface area contributed by atoms with Crippen LogP contribution in [0.2, 0.25) is 0 Å². The number of rotatable bonds is 6. The monoisotopic (exact) mass is 339 g/mol. The quantitative estimate of drug-likeness (QED) is 0.805. The highest BCUT2D eigenvalue weighted by atomic mass is 16.5. The predicted molar refractivity (Wildman–Crippen MR) is 94.1 cm³/mol. The predicted octanol–water partition coefficient (Wildman–Crippen LogP) is 1.67. The van der Waals surface area contributed by atoms with Gasteiger partial charge in [0, 0.05) is 43.4 Å². The van der Waals surface area contributed by atoms with Gasteiger partial charge in [-0.2, -0.15) is 0 Å². The van der Waals surface area contributed by atoms with E-state index in [1.165, 1.54) is 6.08 Å². The van der Waals surface area contributed by atoms with E-state index in [-0.39, 0.29) is 18.0 Å². The molecule has 130 valence electrons. The molecule has 1 atom stereocenters. The van der Waals surface area contributed by atoms with Crippen molar-refractivity contribution in [1.82, 2.24) is 19.9 Å². The maximum atomic E-state index is 12.7. The Hall–Kier alpha value is -2.80. The van der Waals surface area contributed by atoms with Crippen LogP contribution in [0.1, 0.15) is 24.1 Å². The molecule has 1 fully saturated rings. The molecule has 1 amide bonds. The van der Waals surface area contributed by atoms with Gasteiger partial charge in [-0.3, -0.25) is 9.78 Å². The molecule has 1 aliphatic heterocycles. The number of carbonyl (C=O) groups excluding carboxylic acids is 1. The Morgan fingerprint density at radius 1 is 1.32 bits per heavy atom. The van der Waals surface area contributed by atoms with Crippen molar-refractivity contribution in [2.45, 2.75) is 25.5 Å². The maximum absolute atomic E-state index is 12.7. The highest BCUT2D eigenvalue weighted by Crippen LogP contribution is 2.15. The molecular weight excluding hydrogens is 318 g/mol. The van der Waals surface area contributed by atoms with Gasteiger partial charge in [-0.15, -0.1) is 0 Å². The first-order valence-electron chi connectivity index (χ1n) is 8.27. The molecule has 3 rings (SSSR count). The number of nitrogen functional groups attached to an aromatic ring is 1. The third kappa shape index (κ3) is 5.09. The topological polar surface area (TPSA) is 94.2 Å². The van der Waals surface area contributed by atoms with E-state index in [2.05, 4.69) is 15.0 Å². The minimum atomic E-state index is -0.0991. The molecule has 0 saturated carbocycles. The molecular formula is C18H21N5O2. The summed E-state index contributed by atoms with van der Waals surface area (Å²) in [5.41, 5.74) is 7.03. The summed E-state index contributed by atoms with van der Waals surface area (Å²) in [5, 5.41) is 0. The van der Waals surface area contributed by atoms with Crippen molar-refractivity contribution in [3.05, 3.63) is 54.1 Å². The van der Waals surface area contributed by atoms with Crippen LogP contribution in [0.5, 0.6) is 0 Å². The van der Waals surface area contributed by atoms with Crippen LogP contribution in [0.25, 0.3) is 6.08 Å². The molecule has 1 unspecified atom stereocenters. The van der Waals surface area contributed by atoms with Gasteiger partial charge in [-0.25, -0.2) is 9.97 Å². The number of hydrogen-bond acceptors (Lipinski definition) is 6. The molecule has 0 bridgehead atoms. The molecule has 7 nitrogen and oxygen atoms in total. The Morgan fingerprint density at radius 3 is 2.84 bits per heavy atom. The Balaban J connectivity index is 1.70. The fourth-order valence-electron chi connectivity index (χ4n) is 2.66. The SMILES string of the molecule is Nc1ncc(/C=C/C(=O)N(Cc2ccccn2)CC2CCCO2)cn1. The van der Waals surface area contributed by atoms with Crippen molar-refractivity contribution in [1.29, 1.82) is 0 Å². The second kappa shape index (κ2) is 8.34. The smallest absolute Gasteiger partial charge is 0.247 e. The van der Waals surface area contributed by atoms with Crippen molar-refractivity contribution in [3.63, 3.8) is 0 Å². The van der Waals surface area contributed by atoms with E-state index in [1.54, 1.807) is 29.6 Å². The second-order valence-electron chi connectivity index (χ2n) is 5.88. The first-order valence-corrected chi connectivity index (χ1v) is 8.27. The lowest BCUT2D eigenvalue weighted by Gasteiger charge is -2.24. The average Bonchev–Trinajstić information content (AvgIpc) is 3.14. The summed E-state index contributed by atoms with van der Waals surface area (Å²) < 4.78 is 5.67. The lowest BCUT2D eigenvalue weighted by Crippen LogP contribution is -2.36. The number of aromatic nitrogens is 3. The molecule has 0 aliphatic carbocycles. The van der Waals surface area contributed by atoms with Crippen molar-refractivity contribution >= 4 is 17.9 Å². The first kappa shape index (κ1) is 17.0. The zero-order valence-corrected chi connectivity index (χ0v) is 13.9. The summed E-state index contributed by atoms with van der Waals surface area (Å²) >= 11 is 0. The number of nitrogens with zero attached hydrogens (tertiary/aromatic N) is 4. The summed E-state index contributed by atoms with van der Waals surface area (Å²) in [6.07, 6.45) is 10.2. The lowest BCUT2D eigenvalue weighted by molar-refractivity contribution is -0.128. The molecule has 7 heteroatoms. The van der Waals surface area contributed by atoms with Crippen LogP contribution < -0.4 is 5.73 Å². The van der Waals surface area contributed by atoms with E-state index in [0.29, 0.717) is 13.1 Å². The molecule has 0 spiro atoms. The molecule has 2 aromatic rings. The van der Waals surface area contributed by atoms with Crippen LogP contribution in [0.15, 0.2) is 42.9 Å². The summed E-state index contributed by atoms with van der Waals surface area (Å²) in [6.45, 7) is 1.76. The Morgan fingerprint density at radius 2 is 2.16 bits per heavy atom. The number of pyridine rings is 1. The molecule has 2 N–H and O–H groups in total. The number of amides is 1. The fraction of sp³-hybridized carbons (Fsp3) is 0.333. The Bertz CT molecular complexity index is 712. The van der Waals surface area contributed by atoms with Crippen LogP contribution in [-0.4, -0.2) is 45.0 Å². The molecule has 25 heavy (non-hydrogen) atoms. The minimum absolute atomic E-state index is 0.0842. The summed E-state index contributed by atoms with van der Waals surface area (Å²) in [7, 11) is 0. The normalized spacial score (nSPS) is 17.0. The van der Waals surface area contributed by atoms with Gasteiger partial charge in [0.1, 0.15) is 0 Å². The molecule has 2 aromatic heterocycles. The van der Waals surface area contributed by atoms with Gasteiger partial charge in [0.25, 0.3) is 0 Å². The van der Waals surface area contributed by atoms with Crippen LogP contribution in [0, 0.1) is 0 Å².